The van der Waals surface area contributed by atoms with Gasteiger partial charge in [-0.2, -0.15) is 0 Å². The Morgan fingerprint density at radius 3 is 2.33 bits per heavy atom. The molecule has 0 radical (unpaired) electrons. The molecule has 5 heteroatoms. The van der Waals surface area contributed by atoms with Gasteiger partial charge in [-0.3, -0.25) is 4.79 Å². The molecule has 0 aliphatic rings. The van der Waals surface area contributed by atoms with Crippen LogP contribution < -0.4 is 5.32 Å². The number of aliphatic hydroxyl groups excluding tert-OH is 1. The van der Waals surface area contributed by atoms with Crippen LogP contribution in [0, 0.1) is 0 Å². The van der Waals surface area contributed by atoms with Gasteiger partial charge in [0.05, 0.1) is 0 Å². The fourth-order valence-electron chi connectivity index (χ4n) is 1.77. The quantitative estimate of drug-likeness (QED) is 0.668. The molecule has 1 aromatic carbocycles. The van der Waals surface area contributed by atoms with Gasteiger partial charge in [0, 0.05) is 19.1 Å². The number of carboxylic acids is 1. The number of carbonyl (C=O) groups is 2. The van der Waals surface area contributed by atoms with Gasteiger partial charge in [0.15, 0.2) is 0 Å². The molecule has 0 aliphatic carbocycles. The summed E-state index contributed by atoms with van der Waals surface area (Å²) in [6.07, 6.45) is 2.90. The first kappa shape index (κ1) is 16.9. The van der Waals surface area contributed by atoms with Crippen molar-refractivity contribution in [2.45, 2.75) is 32.2 Å². The van der Waals surface area contributed by atoms with Crippen LogP contribution in [0.1, 0.15) is 37.3 Å². The number of hydrogen-bond acceptors (Lipinski definition) is 3. The minimum atomic E-state index is -1.16. The van der Waals surface area contributed by atoms with Crippen LogP contribution in [0.15, 0.2) is 30.3 Å². The van der Waals surface area contributed by atoms with Crippen LogP contribution in [0.5, 0.6) is 0 Å². The lowest BCUT2D eigenvalue weighted by Gasteiger charge is -2.11. The standard InChI is InChI=1S/C16H21NO4/c1-11(2)13-6-3-12(4-7-13)5-8-15(19)17-14(9-10-18)16(20)21/h3-8,11,14,18H,9-10H2,1-2H3,(H,17,19)(H,20,21)/b8-5+/t14-/m1/s1. The molecule has 0 saturated heterocycles. The van der Waals surface area contributed by atoms with Crippen molar-refractivity contribution in [3.8, 4) is 0 Å². The van der Waals surface area contributed by atoms with Crippen LogP contribution in [0.25, 0.3) is 6.08 Å². The Labute approximate surface area is 124 Å². The highest BCUT2D eigenvalue weighted by atomic mass is 16.4. The van der Waals surface area contributed by atoms with E-state index >= 15 is 0 Å². The first-order chi connectivity index (χ1) is 9.93. The van der Waals surface area contributed by atoms with Crippen molar-refractivity contribution in [2.24, 2.45) is 0 Å². The number of nitrogens with one attached hydrogen (secondary N) is 1. The van der Waals surface area contributed by atoms with E-state index in [9.17, 15) is 9.59 Å². The molecule has 0 spiro atoms. The van der Waals surface area contributed by atoms with Crippen LogP contribution in [0.3, 0.4) is 0 Å². The maximum absolute atomic E-state index is 11.6. The molecule has 3 N–H and O–H groups in total. The Balaban J connectivity index is 2.62. The number of hydrogen-bond donors (Lipinski definition) is 3. The highest BCUT2D eigenvalue weighted by Gasteiger charge is 2.17. The van der Waals surface area contributed by atoms with Gasteiger partial charge >= 0.3 is 5.97 Å². The van der Waals surface area contributed by atoms with Gasteiger partial charge in [-0.15, -0.1) is 0 Å². The molecular formula is C16H21NO4. The second-order valence-electron chi connectivity index (χ2n) is 5.07. The molecular weight excluding hydrogens is 270 g/mol. The Hall–Kier alpha value is -2.14. The minimum Gasteiger partial charge on any atom is -0.480 e. The topological polar surface area (TPSA) is 86.6 Å². The SMILES string of the molecule is CC(C)c1ccc(/C=C/C(=O)N[C@H](CCO)C(=O)O)cc1. The van der Waals surface area contributed by atoms with E-state index in [0.717, 1.165) is 5.56 Å². The van der Waals surface area contributed by atoms with E-state index in [2.05, 4.69) is 19.2 Å². The van der Waals surface area contributed by atoms with Crippen molar-refractivity contribution in [2.75, 3.05) is 6.61 Å². The van der Waals surface area contributed by atoms with E-state index in [-0.39, 0.29) is 13.0 Å². The van der Waals surface area contributed by atoms with Crippen molar-refractivity contribution >= 4 is 18.0 Å². The molecule has 1 atom stereocenters. The minimum absolute atomic E-state index is 0.0159. The first-order valence-electron chi connectivity index (χ1n) is 6.86. The van der Waals surface area contributed by atoms with Crippen LogP contribution >= 0.6 is 0 Å². The van der Waals surface area contributed by atoms with E-state index in [1.54, 1.807) is 6.08 Å². The van der Waals surface area contributed by atoms with Crippen LogP contribution in [0.4, 0.5) is 0 Å². The summed E-state index contributed by atoms with van der Waals surface area (Å²) in [5.74, 6) is -1.21. The highest BCUT2D eigenvalue weighted by molar-refractivity contribution is 5.94. The molecule has 0 fully saturated rings. The molecule has 1 amide bonds. The number of carboxylic acid groups (broad SMARTS) is 1. The average Bonchev–Trinajstić information content (AvgIpc) is 2.45. The van der Waals surface area contributed by atoms with Gasteiger partial charge in [-0.25, -0.2) is 4.79 Å². The predicted octanol–water partition coefficient (Wildman–Crippen LogP) is 1.78. The Morgan fingerprint density at radius 2 is 1.86 bits per heavy atom. The second kappa shape index (κ2) is 8.21. The first-order valence-corrected chi connectivity index (χ1v) is 6.86. The number of benzene rings is 1. The third-order valence-corrected chi connectivity index (χ3v) is 3.06. The summed E-state index contributed by atoms with van der Waals surface area (Å²) in [6, 6.07) is 6.72. The lowest BCUT2D eigenvalue weighted by Crippen LogP contribution is -2.40. The lowest BCUT2D eigenvalue weighted by atomic mass is 10.0. The second-order valence-corrected chi connectivity index (χ2v) is 5.07. The van der Waals surface area contributed by atoms with Gasteiger partial charge in [0.2, 0.25) is 5.91 Å². The highest BCUT2D eigenvalue weighted by Crippen LogP contribution is 2.15. The van der Waals surface area contributed by atoms with E-state index in [1.165, 1.54) is 11.6 Å². The molecule has 1 rings (SSSR count). The number of aliphatic carboxylic acids is 1. The summed E-state index contributed by atoms with van der Waals surface area (Å²) in [7, 11) is 0. The van der Waals surface area contributed by atoms with Crippen molar-refractivity contribution in [3.05, 3.63) is 41.5 Å². The summed E-state index contributed by atoms with van der Waals surface area (Å²) in [5, 5.41) is 19.9. The Morgan fingerprint density at radius 1 is 1.24 bits per heavy atom. The zero-order chi connectivity index (χ0) is 15.8. The van der Waals surface area contributed by atoms with Gasteiger partial charge in [-0.1, -0.05) is 38.1 Å². The number of amides is 1. The van der Waals surface area contributed by atoms with E-state index in [0.29, 0.717) is 5.92 Å². The summed E-state index contributed by atoms with van der Waals surface area (Å²) in [4.78, 5) is 22.5. The average molecular weight is 291 g/mol. The zero-order valence-corrected chi connectivity index (χ0v) is 12.2. The van der Waals surface area contributed by atoms with Crippen LogP contribution in [-0.2, 0) is 9.59 Å². The summed E-state index contributed by atoms with van der Waals surface area (Å²) >= 11 is 0. The fourth-order valence-corrected chi connectivity index (χ4v) is 1.77. The number of aliphatic hydroxyl groups is 1. The molecule has 0 unspecified atom stereocenters. The predicted molar refractivity (Wildman–Crippen MR) is 80.8 cm³/mol. The Bertz CT molecular complexity index is 506. The van der Waals surface area contributed by atoms with Crippen molar-refractivity contribution in [3.63, 3.8) is 0 Å². The van der Waals surface area contributed by atoms with Crippen molar-refractivity contribution in [1.29, 1.82) is 0 Å². The maximum atomic E-state index is 11.6. The molecule has 0 bridgehead atoms. The summed E-state index contributed by atoms with van der Waals surface area (Å²) < 4.78 is 0. The third-order valence-electron chi connectivity index (χ3n) is 3.06. The number of carbonyl (C=O) groups excluding carboxylic acids is 1. The lowest BCUT2D eigenvalue weighted by molar-refractivity contribution is -0.141. The van der Waals surface area contributed by atoms with E-state index in [1.807, 2.05) is 24.3 Å². The van der Waals surface area contributed by atoms with Crippen LogP contribution in [-0.4, -0.2) is 34.7 Å². The molecule has 0 heterocycles. The monoisotopic (exact) mass is 291 g/mol. The van der Waals surface area contributed by atoms with Crippen LogP contribution in [0.2, 0.25) is 0 Å². The molecule has 0 saturated carbocycles. The molecule has 0 aromatic heterocycles. The molecule has 5 nitrogen and oxygen atoms in total. The summed E-state index contributed by atoms with van der Waals surface area (Å²) in [5.41, 5.74) is 2.08. The molecule has 0 aliphatic heterocycles. The van der Waals surface area contributed by atoms with Gasteiger partial charge in [-0.05, 0) is 23.1 Å². The molecule has 21 heavy (non-hydrogen) atoms. The maximum Gasteiger partial charge on any atom is 0.326 e. The third kappa shape index (κ3) is 5.79. The van der Waals surface area contributed by atoms with Crippen molar-refractivity contribution < 1.29 is 19.8 Å². The van der Waals surface area contributed by atoms with Gasteiger partial charge in [0.1, 0.15) is 6.04 Å². The molecule has 114 valence electrons. The van der Waals surface area contributed by atoms with Crippen molar-refractivity contribution in [1.82, 2.24) is 5.32 Å². The van der Waals surface area contributed by atoms with E-state index in [4.69, 9.17) is 10.2 Å². The smallest absolute Gasteiger partial charge is 0.326 e. The number of rotatable bonds is 7. The van der Waals surface area contributed by atoms with Gasteiger partial charge in [0.25, 0.3) is 0 Å². The molecule has 1 aromatic rings. The Kier molecular flexibility index (Phi) is 6.62. The fraction of sp³-hybridized carbons (Fsp3) is 0.375. The van der Waals surface area contributed by atoms with E-state index < -0.39 is 17.9 Å². The zero-order valence-electron chi connectivity index (χ0n) is 12.2. The van der Waals surface area contributed by atoms with Gasteiger partial charge < -0.3 is 15.5 Å². The largest absolute Gasteiger partial charge is 0.480 e. The summed E-state index contributed by atoms with van der Waals surface area (Å²) in [6.45, 7) is 3.91. The normalized spacial score (nSPS) is 12.6.